The number of hydrogen-bond donors (Lipinski definition) is 15. The fraction of sp³-hybridized carbons (Fsp3) is 0.638. The standard InChI is InChI=1S/C47H79N13O16S/c1-7-9-15-60(35(23-63)46(73)58-34(22-62)40(51)67)77(75,76)24-29(16-25(3)4)54-47(74)39(26(5)8-2)59-41(68)27(6)53-38(66)20-52-43(70)31(17-28-13-11-10-12-14-28)56-45(72)33(19-37(50)65)57-44(71)32(18-36(49)64)55-42(69)30(48)21-61/h10-14,25-27,29-35,39,61-63H,7-9,15-24,48H2,1-6H3,(H2,49,64)(H2,50,65)(H2,51,67)(H,52,70)(H,53,66)(H,54,74)(H,55,69)(H,56,72)(H,57,71)(H,58,73)(H,59,68)/t26-,27-,29-,30-,31-,32-,33-,34-,35-,39-/m0/s1. The lowest BCUT2D eigenvalue weighted by Gasteiger charge is -2.32. The van der Waals surface area contributed by atoms with Gasteiger partial charge in [0.1, 0.15) is 48.3 Å². The van der Waals surface area contributed by atoms with E-state index in [1.165, 1.54) is 6.92 Å². The summed E-state index contributed by atoms with van der Waals surface area (Å²) in [5.74, 6) is -12.8. The van der Waals surface area contributed by atoms with E-state index < -0.39 is 180 Å². The van der Waals surface area contributed by atoms with Crippen LogP contribution >= 0.6 is 0 Å². The van der Waals surface area contributed by atoms with E-state index in [1.807, 2.05) is 0 Å². The number of nitrogens with zero attached hydrogens (tertiary/aromatic N) is 1. The number of amides is 11. The Bertz CT molecular complexity index is 2290. The molecule has 19 N–H and O–H groups in total. The van der Waals surface area contributed by atoms with Crippen molar-refractivity contribution in [3.05, 3.63) is 35.9 Å². The summed E-state index contributed by atoms with van der Waals surface area (Å²) in [5, 5.41) is 47.9. The number of nitrogens with one attached hydrogen (secondary N) is 8. The van der Waals surface area contributed by atoms with Crippen molar-refractivity contribution >= 4 is 75.0 Å². The highest BCUT2D eigenvalue weighted by Gasteiger charge is 2.39. The van der Waals surface area contributed by atoms with Crippen LogP contribution in [0, 0.1) is 11.8 Å². The van der Waals surface area contributed by atoms with Gasteiger partial charge in [0.05, 0.1) is 45.0 Å². The van der Waals surface area contributed by atoms with Crippen LogP contribution in [0.2, 0.25) is 0 Å². The first-order valence-electron chi connectivity index (χ1n) is 24.9. The van der Waals surface area contributed by atoms with Gasteiger partial charge < -0.3 is 80.8 Å². The van der Waals surface area contributed by atoms with Crippen LogP contribution in [0.3, 0.4) is 0 Å². The van der Waals surface area contributed by atoms with Gasteiger partial charge in [-0.25, -0.2) is 8.42 Å². The molecule has 0 aliphatic rings. The number of hydrogen-bond acceptors (Lipinski definition) is 17. The Morgan fingerprint density at radius 3 is 1.65 bits per heavy atom. The van der Waals surface area contributed by atoms with Crippen molar-refractivity contribution in [3.8, 4) is 0 Å². The molecule has 1 aromatic rings. The minimum absolute atomic E-state index is 0.0962. The quantitative estimate of drug-likeness (QED) is 0.0294. The Morgan fingerprint density at radius 1 is 0.623 bits per heavy atom. The smallest absolute Gasteiger partial charge is 0.243 e. The summed E-state index contributed by atoms with van der Waals surface area (Å²) in [6.45, 7) is 6.22. The number of nitrogens with two attached hydrogens (primary N) is 4. The Balaban J connectivity index is 3.31. The lowest BCUT2D eigenvalue weighted by molar-refractivity contribution is -0.136. The molecule has 0 aromatic heterocycles. The van der Waals surface area contributed by atoms with Gasteiger partial charge in [0.15, 0.2) is 0 Å². The second-order valence-corrected chi connectivity index (χ2v) is 20.8. The number of rotatable bonds is 37. The molecule has 29 nitrogen and oxygen atoms in total. The first-order valence-corrected chi connectivity index (χ1v) is 26.5. The van der Waals surface area contributed by atoms with Crippen LogP contribution in [-0.2, 0) is 69.2 Å². The van der Waals surface area contributed by atoms with Crippen molar-refractivity contribution in [2.45, 2.75) is 141 Å². The maximum Gasteiger partial charge on any atom is 0.243 e. The molecular weight excluding hydrogens is 1030 g/mol. The lowest BCUT2D eigenvalue weighted by Crippen LogP contribution is -2.60. The third-order valence-electron chi connectivity index (χ3n) is 11.8. The summed E-state index contributed by atoms with van der Waals surface area (Å²) < 4.78 is 29.0. The van der Waals surface area contributed by atoms with Gasteiger partial charge in [0.25, 0.3) is 0 Å². The summed E-state index contributed by atoms with van der Waals surface area (Å²) in [5.41, 5.74) is 21.8. The lowest BCUT2D eigenvalue weighted by atomic mass is 9.97. The molecule has 0 saturated heterocycles. The normalized spacial score (nSPS) is 15.3. The fourth-order valence-corrected chi connectivity index (χ4v) is 9.25. The van der Waals surface area contributed by atoms with Gasteiger partial charge in [-0.15, -0.1) is 0 Å². The van der Waals surface area contributed by atoms with Crippen LogP contribution in [0.5, 0.6) is 0 Å². The summed E-state index contributed by atoms with van der Waals surface area (Å²) in [4.78, 5) is 143. The van der Waals surface area contributed by atoms with Crippen LogP contribution in [0.4, 0.5) is 0 Å². The molecular formula is C47H79N13O16S. The largest absolute Gasteiger partial charge is 0.394 e. The molecule has 0 bridgehead atoms. The topological polar surface area (TPSA) is 486 Å². The fourth-order valence-electron chi connectivity index (χ4n) is 7.38. The van der Waals surface area contributed by atoms with Crippen molar-refractivity contribution in [3.63, 3.8) is 0 Å². The number of benzene rings is 1. The molecule has 30 heteroatoms. The highest BCUT2D eigenvalue weighted by Crippen LogP contribution is 2.17. The second kappa shape index (κ2) is 34.0. The van der Waals surface area contributed by atoms with Crippen LogP contribution in [0.25, 0.3) is 0 Å². The molecule has 11 amide bonds. The van der Waals surface area contributed by atoms with Crippen molar-refractivity contribution < 1.29 is 76.5 Å². The minimum atomic E-state index is -4.50. The van der Waals surface area contributed by atoms with Crippen LogP contribution in [-0.4, -0.2) is 186 Å². The molecule has 77 heavy (non-hydrogen) atoms. The van der Waals surface area contributed by atoms with Gasteiger partial charge in [-0.3, -0.25) is 52.7 Å². The third-order valence-corrected chi connectivity index (χ3v) is 13.8. The molecule has 0 heterocycles. The number of unbranched alkanes of at least 4 members (excludes halogenated alkanes) is 1. The van der Waals surface area contributed by atoms with Gasteiger partial charge in [-0.1, -0.05) is 77.8 Å². The Labute approximate surface area is 447 Å². The van der Waals surface area contributed by atoms with Gasteiger partial charge in [-0.05, 0) is 37.2 Å². The summed E-state index contributed by atoms with van der Waals surface area (Å²) in [7, 11) is -4.50. The predicted octanol–water partition coefficient (Wildman–Crippen LogP) is -6.81. The monoisotopic (exact) mass is 1110 g/mol. The number of aliphatic hydroxyl groups excluding tert-OH is 3. The number of primary amides is 3. The zero-order chi connectivity index (χ0) is 58.7. The maximum absolute atomic E-state index is 14.1. The average molecular weight is 1110 g/mol. The number of carbonyl (C=O) groups excluding carboxylic acids is 11. The summed E-state index contributed by atoms with van der Waals surface area (Å²) in [6, 6.07) is -5.42. The highest BCUT2D eigenvalue weighted by atomic mass is 32.2. The summed E-state index contributed by atoms with van der Waals surface area (Å²) >= 11 is 0. The first-order chi connectivity index (χ1) is 36.0. The van der Waals surface area contributed by atoms with E-state index in [4.69, 9.17) is 22.9 Å². The van der Waals surface area contributed by atoms with Gasteiger partial charge in [0, 0.05) is 19.0 Å². The molecule has 0 aliphatic carbocycles. The van der Waals surface area contributed by atoms with Gasteiger partial charge in [-0.2, -0.15) is 4.31 Å². The van der Waals surface area contributed by atoms with Crippen molar-refractivity contribution in [1.29, 1.82) is 0 Å². The molecule has 0 fully saturated rings. The first kappa shape index (κ1) is 68.2. The molecule has 434 valence electrons. The molecule has 0 unspecified atom stereocenters. The van der Waals surface area contributed by atoms with Crippen molar-refractivity contribution in [1.82, 2.24) is 46.8 Å². The van der Waals surface area contributed by atoms with E-state index in [9.17, 15) is 76.5 Å². The van der Waals surface area contributed by atoms with Gasteiger partial charge >= 0.3 is 0 Å². The molecule has 0 spiro atoms. The Morgan fingerprint density at radius 2 is 1.17 bits per heavy atom. The number of aliphatic hydroxyl groups is 3. The zero-order valence-corrected chi connectivity index (χ0v) is 45.1. The molecule has 1 rings (SSSR count). The third kappa shape index (κ3) is 24.3. The van der Waals surface area contributed by atoms with Crippen molar-refractivity contribution in [2.24, 2.45) is 34.8 Å². The van der Waals surface area contributed by atoms with E-state index >= 15 is 0 Å². The summed E-state index contributed by atoms with van der Waals surface area (Å²) in [6.07, 6.45) is -0.685. The van der Waals surface area contributed by atoms with Crippen molar-refractivity contribution in [2.75, 3.05) is 38.7 Å². The number of sulfonamides is 1. The zero-order valence-electron chi connectivity index (χ0n) is 44.2. The SMILES string of the molecule is CCCCN([C@@H](CO)C(=O)N[C@@H](CO)C(N)=O)S(=O)(=O)C[C@H](CC(C)C)NC(=O)[C@@H](NC(=O)[C@H](C)NC(=O)CNC(=O)[C@H](Cc1ccccc1)NC(=O)[C@H](CC(N)=O)NC(=O)[C@H](CC(N)=O)NC(=O)[C@@H](N)CO)[C@@H](C)CC. The van der Waals surface area contributed by atoms with E-state index in [0.717, 1.165) is 4.31 Å². The van der Waals surface area contributed by atoms with E-state index in [2.05, 4.69) is 42.5 Å². The van der Waals surface area contributed by atoms with E-state index in [0.29, 0.717) is 18.4 Å². The van der Waals surface area contributed by atoms with Crippen LogP contribution < -0.4 is 65.5 Å². The molecule has 0 aliphatic heterocycles. The van der Waals surface area contributed by atoms with E-state index in [1.54, 1.807) is 65.0 Å². The predicted molar refractivity (Wildman–Crippen MR) is 276 cm³/mol. The van der Waals surface area contributed by atoms with Gasteiger partial charge in [0.2, 0.25) is 75.0 Å². The van der Waals surface area contributed by atoms with E-state index in [-0.39, 0.29) is 31.7 Å². The minimum Gasteiger partial charge on any atom is -0.394 e. The Kier molecular flexibility index (Phi) is 30.1. The molecule has 0 radical (unpaired) electrons. The number of carbonyl (C=O) groups is 11. The molecule has 0 saturated carbocycles. The second-order valence-electron chi connectivity index (χ2n) is 18.8. The Hall–Kier alpha value is -6.86. The van der Waals surface area contributed by atoms with Crippen LogP contribution in [0.1, 0.15) is 85.6 Å². The van der Waals surface area contributed by atoms with Crippen LogP contribution in [0.15, 0.2) is 30.3 Å². The highest BCUT2D eigenvalue weighted by molar-refractivity contribution is 7.89. The molecule has 10 atom stereocenters. The molecule has 1 aromatic carbocycles. The maximum atomic E-state index is 14.1. The average Bonchev–Trinajstić information content (AvgIpc) is 3.35.